The smallest absolute Gasteiger partial charge is 0.254 e. The summed E-state index contributed by atoms with van der Waals surface area (Å²) in [6, 6.07) is 12.3. The lowest BCUT2D eigenvalue weighted by Gasteiger charge is -2.32. The Bertz CT molecular complexity index is 1120. The van der Waals surface area contributed by atoms with Crippen LogP contribution in [0.2, 0.25) is 0 Å². The van der Waals surface area contributed by atoms with Gasteiger partial charge in [-0.05, 0) is 49.6 Å². The van der Waals surface area contributed by atoms with Gasteiger partial charge >= 0.3 is 0 Å². The van der Waals surface area contributed by atoms with E-state index in [1.165, 1.54) is 12.1 Å². The van der Waals surface area contributed by atoms with Gasteiger partial charge in [0.05, 0.1) is 15.9 Å². The Morgan fingerprint density at radius 3 is 2.79 bits per heavy atom. The number of nitrogens with zero attached hydrogens (tertiary/aromatic N) is 2. The molecule has 0 saturated carbocycles. The average Bonchev–Trinajstić information content (AvgIpc) is 3.11. The number of fused-ring (bicyclic) bond motifs is 1. The molecule has 1 fully saturated rings. The molecule has 3 aromatic rings. The number of sulfonamides is 1. The van der Waals surface area contributed by atoms with E-state index >= 15 is 0 Å². The van der Waals surface area contributed by atoms with Gasteiger partial charge in [-0.2, -0.15) is 0 Å². The lowest BCUT2D eigenvalue weighted by atomic mass is 9.96. The molecule has 2 aromatic carbocycles. The van der Waals surface area contributed by atoms with Crippen LogP contribution in [0.15, 0.2) is 47.4 Å². The van der Waals surface area contributed by atoms with E-state index in [2.05, 4.69) is 9.97 Å². The summed E-state index contributed by atoms with van der Waals surface area (Å²) in [5, 5.41) is 5.22. The Hall–Kier alpha value is -2.71. The zero-order chi connectivity index (χ0) is 19.9. The standard InChI is InChI=1S/C20H22N4O3S/c1-13-8-9-15(28(21,26)27)11-16(13)20(25)24-10-4-5-14(12-24)19-22-17-6-2-3-7-18(17)23-19/h2-3,6-9,11,14H,4-5,10,12H2,1H3,(H,22,23)(H2,21,26,27). The van der Waals surface area contributed by atoms with E-state index in [4.69, 9.17) is 5.14 Å². The number of amides is 1. The van der Waals surface area contributed by atoms with Crippen LogP contribution in [0, 0.1) is 6.92 Å². The molecule has 7 nitrogen and oxygen atoms in total. The summed E-state index contributed by atoms with van der Waals surface area (Å²) in [6.07, 6.45) is 1.81. The molecule has 8 heteroatoms. The Labute approximate surface area is 163 Å². The van der Waals surface area contributed by atoms with Crippen LogP contribution in [-0.2, 0) is 10.0 Å². The van der Waals surface area contributed by atoms with Crippen molar-refractivity contribution in [3.05, 3.63) is 59.4 Å². The van der Waals surface area contributed by atoms with Crippen molar-refractivity contribution in [1.82, 2.24) is 14.9 Å². The molecule has 2 heterocycles. The molecular formula is C20H22N4O3S. The SMILES string of the molecule is Cc1ccc(S(N)(=O)=O)cc1C(=O)N1CCCC(c2nc3ccccc3[nH]2)C1. The highest BCUT2D eigenvalue weighted by molar-refractivity contribution is 7.89. The molecule has 1 saturated heterocycles. The Kier molecular flexibility index (Phi) is 4.68. The molecule has 3 N–H and O–H groups in total. The number of H-pyrrole nitrogens is 1. The highest BCUT2D eigenvalue weighted by Crippen LogP contribution is 2.28. The molecule has 0 bridgehead atoms. The van der Waals surface area contributed by atoms with Crippen LogP contribution >= 0.6 is 0 Å². The molecule has 1 aromatic heterocycles. The molecule has 1 unspecified atom stereocenters. The van der Waals surface area contributed by atoms with Gasteiger partial charge in [0.1, 0.15) is 5.82 Å². The molecular weight excluding hydrogens is 376 g/mol. The third-order valence-corrected chi connectivity index (χ3v) is 6.18. The number of piperidine rings is 1. The third kappa shape index (κ3) is 3.53. The van der Waals surface area contributed by atoms with Crippen LogP contribution in [0.3, 0.4) is 0 Å². The zero-order valence-electron chi connectivity index (χ0n) is 15.6. The molecule has 0 radical (unpaired) electrons. The van der Waals surface area contributed by atoms with E-state index in [0.717, 1.165) is 35.3 Å². The summed E-state index contributed by atoms with van der Waals surface area (Å²) in [5.74, 6) is 0.823. The second kappa shape index (κ2) is 7.03. The van der Waals surface area contributed by atoms with Gasteiger partial charge in [-0.1, -0.05) is 18.2 Å². The van der Waals surface area contributed by atoms with Crippen molar-refractivity contribution in [2.75, 3.05) is 13.1 Å². The molecule has 1 amide bonds. The van der Waals surface area contributed by atoms with Crippen molar-refractivity contribution >= 4 is 27.0 Å². The number of carbonyl (C=O) groups excluding carboxylic acids is 1. The van der Waals surface area contributed by atoms with Crippen LogP contribution in [-0.4, -0.2) is 42.3 Å². The maximum atomic E-state index is 13.1. The van der Waals surface area contributed by atoms with E-state index in [-0.39, 0.29) is 16.7 Å². The number of primary sulfonamides is 1. The molecule has 4 rings (SSSR count). The number of likely N-dealkylation sites (tertiary alicyclic amines) is 1. The number of carbonyl (C=O) groups is 1. The second-order valence-corrected chi connectivity index (χ2v) is 8.81. The largest absolute Gasteiger partial charge is 0.342 e. The monoisotopic (exact) mass is 398 g/mol. The fourth-order valence-electron chi connectivity index (χ4n) is 3.73. The second-order valence-electron chi connectivity index (χ2n) is 7.25. The maximum Gasteiger partial charge on any atom is 0.254 e. The third-order valence-electron chi connectivity index (χ3n) is 5.27. The van der Waals surface area contributed by atoms with Crippen LogP contribution in [0.5, 0.6) is 0 Å². The number of hydrogen-bond donors (Lipinski definition) is 2. The normalized spacial score (nSPS) is 17.8. The van der Waals surface area contributed by atoms with E-state index in [1.807, 2.05) is 24.3 Å². The topological polar surface area (TPSA) is 109 Å². The molecule has 146 valence electrons. The number of nitrogens with two attached hydrogens (primary N) is 1. The number of aromatic amines is 1. The van der Waals surface area contributed by atoms with E-state index in [1.54, 1.807) is 17.9 Å². The Balaban J connectivity index is 1.60. The highest BCUT2D eigenvalue weighted by atomic mass is 32.2. The van der Waals surface area contributed by atoms with Crippen LogP contribution in [0.1, 0.15) is 40.5 Å². The number of hydrogen-bond acceptors (Lipinski definition) is 4. The summed E-state index contributed by atoms with van der Waals surface area (Å²) in [4.78, 5) is 22.9. The lowest BCUT2D eigenvalue weighted by Crippen LogP contribution is -2.39. The van der Waals surface area contributed by atoms with Gasteiger partial charge in [-0.15, -0.1) is 0 Å². The predicted molar refractivity (Wildman–Crippen MR) is 107 cm³/mol. The van der Waals surface area contributed by atoms with E-state index < -0.39 is 10.0 Å². The van der Waals surface area contributed by atoms with E-state index in [9.17, 15) is 13.2 Å². The number of rotatable bonds is 3. The first kappa shape index (κ1) is 18.6. The van der Waals surface area contributed by atoms with E-state index in [0.29, 0.717) is 18.7 Å². The summed E-state index contributed by atoms with van der Waals surface area (Å²) >= 11 is 0. The summed E-state index contributed by atoms with van der Waals surface area (Å²) in [7, 11) is -3.86. The summed E-state index contributed by atoms with van der Waals surface area (Å²) in [5.41, 5.74) is 3.00. The fraction of sp³-hybridized carbons (Fsp3) is 0.300. The molecule has 1 aliphatic heterocycles. The summed E-state index contributed by atoms with van der Waals surface area (Å²) < 4.78 is 23.3. The minimum Gasteiger partial charge on any atom is -0.342 e. The Morgan fingerprint density at radius 1 is 1.25 bits per heavy atom. The van der Waals surface area contributed by atoms with Crippen molar-refractivity contribution in [1.29, 1.82) is 0 Å². The number of aromatic nitrogens is 2. The molecule has 1 aliphatic rings. The average molecular weight is 398 g/mol. The van der Waals surface area contributed by atoms with Crippen molar-refractivity contribution in [2.24, 2.45) is 5.14 Å². The minimum atomic E-state index is -3.86. The maximum absolute atomic E-state index is 13.1. The first-order valence-electron chi connectivity index (χ1n) is 9.20. The lowest BCUT2D eigenvalue weighted by molar-refractivity contribution is 0.0704. The van der Waals surface area contributed by atoms with Crippen molar-refractivity contribution in [2.45, 2.75) is 30.6 Å². The van der Waals surface area contributed by atoms with Gasteiger partial charge in [0.15, 0.2) is 0 Å². The van der Waals surface area contributed by atoms with Gasteiger partial charge in [-0.3, -0.25) is 4.79 Å². The number of aryl methyl sites for hydroxylation is 1. The fourth-order valence-corrected chi connectivity index (χ4v) is 4.27. The van der Waals surface area contributed by atoms with Gasteiger partial charge in [0, 0.05) is 24.6 Å². The van der Waals surface area contributed by atoms with Gasteiger partial charge in [-0.25, -0.2) is 18.5 Å². The van der Waals surface area contributed by atoms with Gasteiger partial charge in [0.25, 0.3) is 5.91 Å². The number of imidazole rings is 1. The molecule has 0 spiro atoms. The van der Waals surface area contributed by atoms with Crippen LogP contribution in [0.4, 0.5) is 0 Å². The Morgan fingerprint density at radius 2 is 2.04 bits per heavy atom. The van der Waals surface area contributed by atoms with Gasteiger partial charge < -0.3 is 9.88 Å². The van der Waals surface area contributed by atoms with Crippen molar-refractivity contribution in [3.8, 4) is 0 Å². The number of nitrogens with one attached hydrogen (secondary N) is 1. The van der Waals surface area contributed by atoms with Crippen molar-refractivity contribution in [3.63, 3.8) is 0 Å². The number of benzene rings is 2. The number of para-hydroxylation sites is 2. The van der Waals surface area contributed by atoms with Crippen LogP contribution < -0.4 is 5.14 Å². The highest BCUT2D eigenvalue weighted by Gasteiger charge is 2.28. The quantitative estimate of drug-likeness (QED) is 0.706. The van der Waals surface area contributed by atoms with Crippen LogP contribution in [0.25, 0.3) is 11.0 Å². The van der Waals surface area contributed by atoms with Crippen molar-refractivity contribution < 1.29 is 13.2 Å². The first-order valence-corrected chi connectivity index (χ1v) is 10.7. The predicted octanol–water partition coefficient (Wildman–Crippen LogP) is 2.54. The molecule has 0 aliphatic carbocycles. The summed E-state index contributed by atoms with van der Waals surface area (Å²) in [6.45, 7) is 2.97. The zero-order valence-corrected chi connectivity index (χ0v) is 16.4. The molecule has 1 atom stereocenters. The molecule has 28 heavy (non-hydrogen) atoms. The van der Waals surface area contributed by atoms with Gasteiger partial charge in [0.2, 0.25) is 10.0 Å². The first-order chi connectivity index (χ1) is 13.3. The minimum absolute atomic E-state index is 0.0488.